The zero-order chi connectivity index (χ0) is 22.4. The molecule has 0 aliphatic rings. The van der Waals surface area contributed by atoms with Gasteiger partial charge in [0, 0.05) is 31.0 Å². The molecule has 0 atom stereocenters. The number of nitrogens with zero attached hydrogens (tertiary/aromatic N) is 2. The number of hydrogen-bond donors (Lipinski definition) is 0. The van der Waals surface area contributed by atoms with Crippen molar-refractivity contribution in [2.45, 2.75) is 39.3 Å². The average Bonchev–Trinajstić information content (AvgIpc) is 2.78. The minimum atomic E-state index is -0.0286. The van der Waals surface area contributed by atoms with E-state index >= 15 is 0 Å². The highest BCUT2D eigenvalue weighted by molar-refractivity contribution is 5.94. The van der Waals surface area contributed by atoms with Crippen LogP contribution in [0.2, 0.25) is 0 Å². The Balaban J connectivity index is 1.90. The predicted octanol–water partition coefficient (Wildman–Crippen LogP) is 5.24. The smallest absolute Gasteiger partial charge is 0.254 e. The molecule has 5 nitrogen and oxygen atoms in total. The first-order chi connectivity index (χ1) is 14.8. The van der Waals surface area contributed by atoms with Crippen LogP contribution in [0.4, 0.5) is 0 Å². The van der Waals surface area contributed by atoms with Crippen molar-refractivity contribution in [2.75, 3.05) is 14.2 Å². The van der Waals surface area contributed by atoms with Crippen molar-refractivity contribution in [1.29, 1.82) is 0 Å². The lowest BCUT2D eigenvalue weighted by Crippen LogP contribution is -2.30. The lowest BCUT2D eigenvalue weighted by Gasteiger charge is -2.24. The molecule has 5 heteroatoms. The number of rotatable bonds is 7. The van der Waals surface area contributed by atoms with E-state index in [1.807, 2.05) is 59.5 Å². The van der Waals surface area contributed by atoms with E-state index in [9.17, 15) is 4.79 Å². The first-order valence-electron chi connectivity index (χ1n) is 10.3. The second-order valence-corrected chi connectivity index (χ2v) is 8.54. The van der Waals surface area contributed by atoms with Gasteiger partial charge in [-0.1, -0.05) is 45.0 Å². The Labute approximate surface area is 184 Å². The lowest BCUT2D eigenvalue weighted by atomic mass is 9.86. The van der Waals surface area contributed by atoms with Gasteiger partial charge in [0.15, 0.2) is 11.5 Å². The number of carbonyl (C=O) groups excluding carboxylic acids is 1. The van der Waals surface area contributed by atoms with Gasteiger partial charge in [0.05, 0.1) is 14.2 Å². The highest BCUT2D eigenvalue weighted by Gasteiger charge is 2.19. The number of amides is 1. The standard InChI is InChI=1S/C26H30N2O3/c1-26(2,3)22-11-9-21(10-12-22)25(29)28(18-20-7-6-14-27-16-20)17-19-8-13-23(30-4)24(15-19)31-5/h6-16H,17-18H2,1-5H3. The normalized spacial score (nSPS) is 11.1. The highest BCUT2D eigenvalue weighted by Crippen LogP contribution is 2.29. The van der Waals surface area contributed by atoms with E-state index in [1.54, 1.807) is 26.6 Å². The van der Waals surface area contributed by atoms with E-state index in [0.717, 1.165) is 11.1 Å². The van der Waals surface area contributed by atoms with Gasteiger partial charge < -0.3 is 14.4 Å². The van der Waals surface area contributed by atoms with Gasteiger partial charge in [0.2, 0.25) is 0 Å². The van der Waals surface area contributed by atoms with Crippen LogP contribution in [0.3, 0.4) is 0 Å². The van der Waals surface area contributed by atoms with E-state index in [-0.39, 0.29) is 11.3 Å². The Bertz CT molecular complexity index is 1010. The van der Waals surface area contributed by atoms with Gasteiger partial charge in [-0.2, -0.15) is 0 Å². The molecule has 0 unspecified atom stereocenters. The molecule has 0 N–H and O–H groups in total. The summed E-state index contributed by atoms with van der Waals surface area (Å²) in [6.45, 7) is 7.39. The summed E-state index contributed by atoms with van der Waals surface area (Å²) in [5.41, 5.74) is 3.83. The largest absolute Gasteiger partial charge is 0.493 e. The number of carbonyl (C=O) groups is 1. The monoisotopic (exact) mass is 418 g/mol. The summed E-state index contributed by atoms with van der Waals surface area (Å²) in [6.07, 6.45) is 3.52. The van der Waals surface area contributed by atoms with Gasteiger partial charge in [-0.05, 0) is 52.4 Å². The molecule has 0 saturated carbocycles. The molecule has 2 aromatic carbocycles. The molecule has 3 rings (SSSR count). The summed E-state index contributed by atoms with van der Waals surface area (Å²) in [5.74, 6) is 1.27. The molecule has 1 heterocycles. The van der Waals surface area contributed by atoms with Crippen molar-refractivity contribution >= 4 is 5.91 Å². The fourth-order valence-corrected chi connectivity index (χ4v) is 3.41. The molecule has 0 fully saturated rings. The van der Waals surface area contributed by atoms with Gasteiger partial charge in [-0.3, -0.25) is 9.78 Å². The number of pyridine rings is 1. The molecule has 3 aromatic rings. The Morgan fingerprint density at radius 3 is 2.16 bits per heavy atom. The van der Waals surface area contributed by atoms with Crippen LogP contribution in [0, 0.1) is 0 Å². The zero-order valence-electron chi connectivity index (χ0n) is 18.9. The molecule has 0 aliphatic heterocycles. The van der Waals surface area contributed by atoms with Crippen LogP contribution in [0.25, 0.3) is 0 Å². The maximum Gasteiger partial charge on any atom is 0.254 e. The Kier molecular flexibility index (Phi) is 6.95. The van der Waals surface area contributed by atoms with E-state index < -0.39 is 0 Å². The third-order valence-corrected chi connectivity index (χ3v) is 5.20. The SMILES string of the molecule is COc1ccc(CN(Cc2cccnc2)C(=O)c2ccc(C(C)(C)C)cc2)cc1OC. The van der Waals surface area contributed by atoms with Gasteiger partial charge in [-0.15, -0.1) is 0 Å². The molecule has 1 amide bonds. The van der Waals surface area contributed by atoms with Crippen molar-refractivity contribution in [1.82, 2.24) is 9.88 Å². The van der Waals surface area contributed by atoms with Crippen molar-refractivity contribution in [2.24, 2.45) is 0 Å². The van der Waals surface area contributed by atoms with Crippen LogP contribution < -0.4 is 9.47 Å². The molecule has 0 aliphatic carbocycles. The van der Waals surface area contributed by atoms with E-state index in [1.165, 1.54) is 5.56 Å². The number of benzene rings is 2. The second-order valence-electron chi connectivity index (χ2n) is 8.54. The maximum absolute atomic E-state index is 13.4. The molecule has 1 aromatic heterocycles. The van der Waals surface area contributed by atoms with Gasteiger partial charge in [0.25, 0.3) is 5.91 Å². The average molecular weight is 419 g/mol. The van der Waals surface area contributed by atoms with Gasteiger partial charge >= 0.3 is 0 Å². The number of aromatic nitrogens is 1. The second kappa shape index (κ2) is 9.65. The fraction of sp³-hybridized carbons (Fsp3) is 0.308. The van der Waals surface area contributed by atoms with Crippen LogP contribution in [-0.4, -0.2) is 30.0 Å². The van der Waals surface area contributed by atoms with Gasteiger partial charge in [0.1, 0.15) is 0 Å². The number of hydrogen-bond acceptors (Lipinski definition) is 4. The summed E-state index contributed by atoms with van der Waals surface area (Å²) >= 11 is 0. The van der Waals surface area contributed by atoms with Crippen molar-refractivity contribution in [3.05, 3.63) is 89.2 Å². The Morgan fingerprint density at radius 2 is 1.58 bits per heavy atom. The molecule has 0 bridgehead atoms. The Hall–Kier alpha value is -3.34. The quantitative estimate of drug-likeness (QED) is 0.527. The summed E-state index contributed by atoms with van der Waals surface area (Å²) in [5, 5.41) is 0. The molecule has 31 heavy (non-hydrogen) atoms. The fourth-order valence-electron chi connectivity index (χ4n) is 3.41. The summed E-state index contributed by atoms with van der Waals surface area (Å²) in [7, 11) is 3.22. The van der Waals surface area contributed by atoms with E-state index in [2.05, 4.69) is 25.8 Å². The molecule has 0 saturated heterocycles. The summed E-state index contributed by atoms with van der Waals surface area (Å²) in [6, 6.07) is 17.5. The minimum Gasteiger partial charge on any atom is -0.493 e. The molecule has 0 spiro atoms. The van der Waals surface area contributed by atoms with Crippen LogP contribution in [-0.2, 0) is 18.5 Å². The summed E-state index contributed by atoms with van der Waals surface area (Å²) in [4.78, 5) is 19.5. The van der Waals surface area contributed by atoms with E-state index in [4.69, 9.17) is 9.47 Å². The van der Waals surface area contributed by atoms with Crippen molar-refractivity contribution < 1.29 is 14.3 Å². The minimum absolute atomic E-state index is 0.0286. The van der Waals surface area contributed by atoms with Gasteiger partial charge in [-0.25, -0.2) is 0 Å². The first-order valence-corrected chi connectivity index (χ1v) is 10.3. The molecule has 0 radical (unpaired) electrons. The van der Waals surface area contributed by atoms with Crippen LogP contribution >= 0.6 is 0 Å². The predicted molar refractivity (Wildman–Crippen MR) is 123 cm³/mol. The zero-order valence-corrected chi connectivity index (χ0v) is 18.9. The molecular formula is C26H30N2O3. The first kappa shape index (κ1) is 22.3. The maximum atomic E-state index is 13.4. The van der Waals surface area contributed by atoms with Crippen molar-refractivity contribution in [3.8, 4) is 11.5 Å². The molecule has 162 valence electrons. The summed E-state index contributed by atoms with van der Waals surface area (Å²) < 4.78 is 10.8. The highest BCUT2D eigenvalue weighted by atomic mass is 16.5. The van der Waals surface area contributed by atoms with Crippen molar-refractivity contribution in [3.63, 3.8) is 0 Å². The number of methoxy groups -OCH3 is 2. The molecular weight excluding hydrogens is 388 g/mol. The van der Waals surface area contributed by atoms with Crippen LogP contribution in [0.5, 0.6) is 11.5 Å². The Morgan fingerprint density at radius 1 is 0.903 bits per heavy atom. The lowest BCUT2D eigenvalue weighted by molar-refractivity contribution is 0.0729. The van der Waals surface area contributed by atoms with Crippen LogP contribution in [0.1, 0.15) is 47.8 Å². The number of ether oxygens (including phenoxy) is 2. The van der Waals surface area contributed by atoms with E-state index in [0.29, 0.717) is 30.2 Å². The third kappa shape index (κ3) is 5.63. The van der Waals surface area contributed by atoms with Crippen LogP contribution in [0.15, 0.2) is 67.0 Å². The topological polar surface area (TPSA) is 51.7 Å². The third-order valence-electron chi connectivity index (χ3n) is 5.20.